The molecule has 174 valence electrons. The number of hydrogen-bond donors (Lipinski definition) is 1. The molecule has 2 N–H and O–H groups in total. The van der Waals surface area contributed by atoms with E-state index < -0.39 is 5.91 Å². The van der Waals surface area contributed by atoms with Gasteiger partial charge >= 0.3 is 0 Å². The first-order valence-corrected chi connectivity index (χ1v) is 11.4. The van der Waals surface area contributed by atoms with Crippen molar-refractivity contribution in [2.45, 2.75) is 25.7 Å². The standard InChI is InChI=1S/C26H27N5O3/c1-17-5-3-4-15-29(17)18-6-8-19(9-7-18)30-16-14-22-23(25(27)32)28-31(24(22)26(30)33)20-10-12-21(34-2)13-11-20/h6-13H,1,3-5,14-16H2,2H3,(H2,27,32). The summed E-state index contributed by atoms with van der Waals surface area (Å²) in [5.41, 5.74) is 10.3. The average molecular weight is 458 g/mol. The van der Waals surface area contributed by atoms with Crippen LogP contribution in [0.15, 0.2) is 60.8 Å². The number of hydrogen-bond acceptors (Lipinski definition) is 5. The van der Waals surface area contributed by atoms with Gasteiger partial charge in [0, 0.05) is 35.7 Å². The number of carbonyl (C=O) groups is 2. The summed E-state index contributed by atoms with van der Waals surface area (Å²) in [6.45, 7) is 5.59. The van der Waals surface area contributed by atoms with E-state index in [0.29, 0.717) is 35.7 Å². The molecule has 2 aliphatic rings. The van der Waals surface area contributed by atoms with Gasteiger partial charge in [-0.05, 0) is 74.2 Å². The molecule has 8 nitrogen and oxygen atoms in total. The number of piperidine rings is 1. The molecule has 5 rings (SSSR count). The Kier molecular flexibility index (Phi) is 5.57. The minimum Gasteiger partial charge on any atom is -0.497 e. The second-order valence-corrected chi connectivity index (χ2v) is 8.55. The minimum atomic E-state index is -0.643. The van der Waals surface area contributed by atoms with Gasteiger partial charge in [-0.3, -0.25) is 9.59 Å². The van der Waals surface area contributed by atoms with Crippen molar-refractivity contribution in [3.05, 3.63) is 77.8 Å². The van der Waals surface area contributed by atoms with E-state index in [1.54, 1.807) is 36.3 Å². The van der Waals surface area contributed by atoms with Crippen LogP contribution < -0.4 is 20.3 Å². The fourth-order valence-electron chi connectivity index (χ4n) is 4.73. The Morgan fingerprint density at radius 2 is 1.59 bits per heavy atom. The summed E-state index contributed by atoms with van der Waals surface area (Å²) in [6.07, 6.45) is 3.81. The van der Waals surface area contributed by atoms with Gasteiger partial charge in [0.2, 0.25) is 0 Å². The number of methoxy groups -OCH3 is 1. The molecule has 0 saturated carbocycles. The Hall–Kier alpha value is -4.07. The van der Waals surface area contributed by atoms with Crippen LogP contribution in [0.5, 0.6) is 5.75 Å². The van der Waals surface area contributed by atoms with Gasteiger partial charge in [-0.2, -0.15) is 5.10 Å². The maximum absolute atomic E-state index is 13.7. The summed E-state index contributed by atoms with van der Waals surface area (Å²) < 4.78 is 6.74. The second kappa shape index (κ2) is 8.70. The largest absolute Gasteiger partial charge is 0.497 e. The highest BCUT2D eigenvalue weighted by Gasteiger charge is 2.34. The number of nitrogens with zero attached hydrogens (tertiary/aromatic N) is 4. The van der Waals surface area contributed by atoms with Crippen molar-refractivity contribution in [3.8, 4) is 11.4 Å². The van der Waals surface area contributed by atoms with Gasteiger partial charge in [0.1, 0.15) is 11.4 Å². The molecule has 8 heteroatoms. The molecular weight excluding hydrogens is 430 g/mol. The van der Waals surface area contributed by atoms with E-state index in [2.05, 4.69) is 16.6 Å². The fourth-order valence-corrected chi connectivity index (χ4v) is 4.73. The van der Waals surface area contributed by atoms with Gasteiger partial charge in [-0.15, -0.1) is 0 Å². The Morgan fingerprint density at radius 3 is 2.21 bits per heavy atom. The first-order chi connectivity index (χ1) is 16.5. The molecule has 0 aliphatic carbocycles. The molecule has 2 amide bonds. The zero-order valence-corrected chi connectivity index (χ0v) is 19.2. The zero-order valence-electron chi connectivity index (χ0n) is 19.2. The first-order valence-electron chi connectivity index (χ1n) is 11.4. The van der Waals surface area contributed by atoms with Crippen molar-refractivity contribution >= 4 is 23.2 Å². The predicted octanol–water partition coefficient (Wildman–Crippen LogP) is 3.69. The highest BCUT2D eigenvalue weighted by atomic mass is 16.5. The Morgan fingerprint density at radius 1 is 0.941 bits per heavy atom. The molecule has 34 heavy (non-hydrogen) atoms. The van der Waals surface area contributed by atoms with E-state index >= 15 is 0 Å². The van der Waals surface area contributed by atoms with Crippen LogP contribution >= 0.6 is 0 Å². The van der Waals surface area contributed by atoms with Crippen LogP contribution in [0.2, 0.25) is 0 Å². The lowest BCUT2D eigenvalue weighted by atomic mass is 10.0. The average Bonchev–Trinajstić information content (AvgIpc) is 3.26. The highest BCUT2D eigenvalue weighted by Crippen LogP contribution is 2.32. The number of ether oxygens (including phenoxy) is 1. The number of rotatable bonds is 5. The molecule has 2 aliphatic heterocycles. The maximum Gasteiger partial charge on any atom is 0.277 e. The van der Waals surface area contributed by atoms with E-state index in [9.17, 15) is 9.59 Å². The minimum absolute atomic E-state index is 0.137. The number of anilines is 2. The number of nitrogens with two attached hydrogens (primary N) is 1. The third-order valence-electron chi connectivity index (χ3n) is 6.52. The Labute approximate surface area is 198 Å². The van der Waals surface area contributed by atoms with Gasteiger partial charge in [0.25, 0.3) is 11.8 Å². The van der Waals surface area contributed by atoms with Gasteiger partial charge in [0.05, 0.1) is 12.8 Å². The topological polar surface area (TPSA) is 93.7 Å². The smallest absolute Gasteiger partial charge is 0.277 e. The third kappa shape index (κ3) is 3.71. The number of amides is 2. The second-order valence-electron chi connectivity index (χ2n) is 8.55. The van der Waals surface area contributed by atoms with Gasteiger partial charge in [0.15, 0.2) is 5.69 Å². The molecule has 1 aromatic heterocycles. The van der Waals surface area contributed by atoms with Crippen molar-refractivity contribution in [1.29, 1.82) is 0 Å². The molecule has 2 aromatic carbocycles. The molecule has 1 fully saturated rings. The molecule has 3 aromatic rings. The van der Waals surface area contributed by atoms with Crippen molar-refractivity contribution in [3.63, 3.8) is 0 Å². The van der Waals surface area contributed by atoms with Crippen LogP contribution in [0, 0.1) is 0 Å². The third-order valence-corrected chi connectivity index (χ3v) is 6.52. The number of fused-ring (bicyclic) bond motifs is 1. The number of benzene rings is 2. The van der Waals surface area contributed by atoms with Crippen molar-refractivity contribution < 1.29 is 14.3 Å². The summed E-state index contributed by atoms with van der Waals surface area (Å²) in [7, 11) is 1.59. The normalized spacial score (nSPS) is 15.9. The number of allylic oxidation sites excluding steroid dienone is 1. The summed E-state index contributed by atoms with van der Waals surface area (Å²) in [5.74, 6) is -0.174. The van der Waals surface area contributed by atoms with Crippen LogP contribution in [0.3, 0.4) is 0 Å². The van der Waals surface area contributed by atoms with Crippen LogP contribution in [-0.4, -0.2) is 41.8 Å². The van der Waals surface area contributed by atoms with E-state index in [1.165, 1.54) is 11.1 Å². The zero-order chi connectivity index (χ0) is 23.8. The summed E-state index contributed by atoms with van der Waals surface area (Å²) in [4.78, 5) is 29.7. The molecule has 0 spiro atoms. The molecule has 3 heterocycles. The van der Waals surface area contributed by atoms with E-state index in [1.807, 2.05) is 24.3 Å². The lowest BCUT2D eigenvalue weighted by Gasteiger charge is -2.32. The summed E-state index contributed by atoms with van der Waals surface area (Å²) in [5, 5.41) is 4.42. The van der Waals surface area contributed by atoms with Crippen LogP contribution in [0.25, 0.3) is 5.69 Å². The molecule has 0 atom stereocenters. The molecule has 0 bridgehead atoms. The van der Waals surface area contributed by atoms with Crippen LogP contribution in [0.4, 0.5) is 11.4 Å². The first kappa shape index (κ1) is 21.8. The molecular formula is C26H27N5O3. The highest BCUT2D eigenvalue weighted by molar-refractivity contribution is 6.09. The molecule has 0 unspecified atom stereocenters. The summed E-state index contributed by atoms with van der Waals surface area (Å²) >= 11 is 0. The van der Waals surface area contributed by atoms with Crippen molar-refractivity contribution in [2.24, 2.45) is 5.73 Å². The Bertz CT molecular complexity index is 1260. The number of primary amides is 1. The van der Waals surface area contributed by atoms with Crippen LogP contribution in [-0.2, 0) is 6.42 Å². The van der Waals surface area contributed by atoms with E-state index in [4.69, 9.17) is 10.5 Å². The Balaban J connectivity index is 1.49. The fraction of sp³-hybridized carbons (Fsp3) is 0.269. The van der Waals surface area contributed by atoms with Gasteiger partial charge in [-0.25, -0.2) is 4.68 Å². The van der Waals surface area contributed by atoms with Crippen molar-refractivity contribution in [2.75, 3.05) is 30.0 Å². The number of carbonyl (C=O) groups excluding carboxylic acids is 2. The SMILES string of the molecule is C=C1CCCCN1c1ccc(N2CCc3c(C(N)=O)nn(-c4ccc(OC)cc4)c3C2=O)cc1. The van der Waals surface area contributed by atoms with Crippen LogP contribution in [0.1, 0.15) is 45.8 Å². The van der Waals surface area contributed by atoms with E-state index in [-0.39, 0.29) is 11.6 Å². The quantitative estimate of drug-likeness (QED) is 0.631. The summed E-state index contributed by atoms with van der Waals surface area (Å²) in [6, 6.07) is 15.1. The predicted molar refractivity (Wildman–Crippen MR) is 131 cm³/mol. The van der Waals surface area contributed by atoms with Gasteiger partial charge < -0.3 is 20.3 Å². The van der Waals surface area contributed by atoms with Crippen molar-refractivity contribution in [1.82, 2.24) is 9.78 Å². The maximum atomic E-state index is 13.7. The molecule has 0 radical (unpaired) electrons. The molecule has 1 saturated heterocycles. The monoisotopic (exact) mass is 457 g/mol. The van der Waals surface area contributed by atoms with E-state index in [0.717, 1.165) is 36.5 Å². The lowest BCUT2D eigenvalue weighted by Crippen LogP contribution is -2.39. The number of aromatic nitrogens is 2. The van der Waals surface area contributed by atoms with Gasteiger partial charge in [-0.1, -0.05) is 6.58 Å². The lowest BCUT2D eigenvalue weighted by molar-refractivity contribution is 0.0972.